The Bertz CT molecular complexity index is 725. The molecule has 4 nitrogen and oxygen atoms in total. The van der Waals surface area contributed by atoms with Gasteiger partial charge in [-0.15, -0.1) is 0 Å². The molecule has 0 spiro atoms. The number of benzene rings is 1. The average molecular weight is 278 g/mol. The summed E-state index contributed by atoms with van der Waals surface area (Å²) < 4.78 is 0. The van der Waals surface area contributed by atoms with Crippen LogP contribution in [0.3, 0.4) is 0 Å². The number of hydrogen-bond acceptors (Lipinski definition) is 4. The van der Waals surface area contributed by atoms with E-state index in [1.165, 1.54) is 0 Å². The van der Waals surface area contributed by atoms with Gasteiger partial charge in [0.05, 0.1) is 5.52 Å². The second kappa shape index (κ2) is 6.22. The normalized spacial score (nSPS) is 10.5. The lowest BCUT2D eigenvalue weighted by atomic mass is 10.1. The van der Waals surface area contributed by atoms with Crippen molar-refractivity contribution in [3.8, 4) is 0 Å². The molecule has 0 fully saturated rings. The molecule has 0 aliphatic carbocycles. The molecular formula is C17H18N4. The van der Waals surface area contributed by atoms with E-state index in [1.54, 1.807) is 6.20 Å². The molecule has 0 saturated heterocycles. The summed E-state index contributed by atoms with van der Waals surface area (Å²) in [6, 6.07) is 16.1. The summed E-state index contributed by atoms with van der Waals surface area (Å²) in [7, 11) is 0. The summed E-state index contributed by atoms with van der Waals surface area (Å²) in [5.41, 5.74) is 3.17. The minimum absolute atomic E-state index is 0.812. The van der Waals surface area contributed by atoms with Crippen LogP contribution in [0.4, 0.5) is 11.5 Å². The lowest BCUT2D eigenvalue weighted by molar-refractivity contribution is 1.06. The van der Waals surface area contributed by atoms with Crippen molar-refractivity contribution in [2.75, 3.05) is 23.7 Å². The van der Waals surface area contributed by atoms with Crippen LogP contribution in [0.2, 0.25) is 0 Å². The van der Waals surface area contributed by atoms with Crippen molar-refractivity contribution < 1.29 is 0 Å². The first-order chi connectivity index (χ1) is 10.3. The number of para-hydroxylation sites is 1. The Kier molecular flexibility index (Phi) is 3.96. The van der Waals surface area contributed by atoms with Crippen LogP contribution in [0, 0.1) is 6.92 Å². The van der Waals surface area contributed by atoms with E-state index in [1.807, 2.05) is 43.3 Å². The van der Waals surface area contributed by atoms with Crippen LogP contribution in [0.25, 0.3) is 10.9 Å². The maximum atomic E-state index is 4.55. The number of hydrogen-bond donors (Lipinski definition) is 2. The third-order valence-electron chi connectivity index (χ3n) is 3.26. The van der Waals surface area contributed by atoms with Crippen LogP contribution in [0.15, 0.2) is 54.7 Å². The first-order valence-electron chi connectivity index (χ1n) is 7.08. The number of anilines is 2. The second-order valence-corrected chi connectivity index (χ2v) is 4.90. The molecule has 0 aliphatic heterocycles. The highest BCUT2D eigenvalue weighted by Gasteiger charge is 2.02. The first kappa shape index (κ1) is 13.4. The van der Waals surface area contributed by atoms with E-state index in [0.717, 1.165) is 41.2 Å². The van der Waals surface area contributed by atoms with Crippen LogP contribution < -0.4 is 10.6 Å². The summed E-state index contributed by atoms with van der Waals surface area (Å²) in [5.74, 6) is 0.898. The van der Waals surface area contributed by atoms with E-state index in [2.05, 4.69) is 32.7 Å². The van der Waals surface area contributed by atoms with Gasteiger partial charge in [0, 0.05) is 36.1 Å². The van der Waals surface area contributed by atoms with Gasteiger partial charge in [0.25, 0.3) is 0 Å². The zero-order valence-electron chi connectivity index (χ0n) is 12.0. The average Bonchev–Trinajstić information content (AvgIpc) is 2.52. The van der Waals surface area contributed by atoms with Crippen LogP contribution in [0.5, 0.6) is 0 Å². The fourth-order valence-electron chi connectivity index (χ4n) is 2.31. The lowest BCUT2D eigenvalue weighted by Crippen LogP contribution is -2.14. The quantitative estimate of drug-likeness (QED) is 0.702. The van der Waals surface area contributed by atoms with Crippen LogP contribution in [-0.4, -0.2) is 23.1 Å². The van der Waals surface area contributed by atoms with Gasteiger partial charge >= 0.3 is 0 Å². The molecule has 3 aromatic rings. The molecule has 106 valence electrons. The van der Waals surface area contributed by atoms with Crippen molar-refractivity contribution in [3.05, 3.63) is 60.4 Å². The Hall–Kier alpha value is -2.62. The summed E-state index contributed by atoms with van der Waals surface area (Å²) in [6.07, 6.45) is 1.79. The number of rotatable bonds is 5. The smallest absolute Gasteiger partial charge is 0.125 e. The van der Waals surface area contributed by atoms with Gasteiger partial charge < -0.3 is 10.6 Å². The van der Waals surface area contributed by atoms with E-state index in [4.69, 9.17) is 0 Å². The summed E-state index contributed by atoms with van der Waals surface area (Å²) in [5, 5.41) is 7.91. The van der Waals surface area contributed by atoms with E-state index < -0.39 is 0 Å². The van der Waals surface area contributed by atoms with E-state index in [-0.39, 0.29) is 0 Å². The van der Waals surface area contributed by atoms with Crippen LogP contribution >= 0.6 is 0 Å². The fraction of sp³-hybridized carbons (Fsp3) is 0.176. The molecule has 4 heteroatoms. The minimum atomic E-state index is 0.812. The molecular weight excluding hydrogens is 260 g/mol. The Labute approximate surface area is 124 Å². The predicted molar refractivity (Wildman–Crippen MR) is 87.7 cm³/mol. The summed E-state index contributed by atoms with van der Waals surface area (Å²) >= 11 is 0. The topological polar surface area (TPSA) is 49.8 Å². The standard InChI is InChI=1S/C17H18N4/c1-13-12-16(14-6-2-3-7-15(14)21-13)18-10-11-20-17-8-4-5-9-19-17/h2-9,12H,10-11H2,1H3,(H,18,21)(H,19,20). The summed E-state index contributed by atoms with van der Waals surface area (Å²) in [6.45, 7) is 3.65. The van der Waals surface area contributed by atoms with Crippen molar-refractivity contribution in [2.45, 2.75) is 6.92 Å². The predicted octanol–water partition coefficient (Wildman–Crippen LogP) is 3.46. The Morgan fingerprint density at radius 2 is 1.76 bits per heavy atom. The highest BCUT2D eigenvalue weighted by molar-refractivity contribution is 5.91. The van der Waals surface area contributed by atoms with Gasteiger partial charge in [0.15, 0.2) is 0 Å². The Morgan fingerprint density at radius 1 is 0.952 bits per heavy atom. The third-order valence-corrected chi connectivity index (χ3v) is 3.26. The molecule has 2 aromatic heterocycles. The van der Waals surface area contributed by atoms with Crippen molar-refractivity contribution in [3.63, 3.8) is 0 Å². The molecule has 21 heavy (non-hydrogen) atoms. The van der Waals surface area contributed by atoms with Crippen molar-refractivity contribution >= 4 is 22.4 Å². The van der Waals surface area contributed by atoms with Gasteiger partial charge in [0.1, 0.15) is 5.82 Å². The van der Waals surface area contributed by atoms with Crippen molar-refractivity contribution in [1.82, 2.24) is 9.97 Å². The highest BCUT2D eigenvalue weighted by Crippen LogP contribution is 2.22. The van der Waals surface area contributed by atoms with E-state index >= 15 is 0 Å². The van der Waals surface area contributed by atoms with Crippen molar-refractivity contribution in [1.29, 1.82) is 0 Å². The number of aromatic nitrogens is 2. The molecule has 0 radical (unpaired) electrons. The number of fused-ring (bicyclic) bond motifs is 1. The van der Waals surface area contributed by atoms with Crippen LogP contribution in [0.1, 0.15) is 5.69 Å². The molecule has 0 atom stereocenters. The monoisotopic (exact) mass is 278 g/mol. The molecule has 0 aliphatic rings. The van der Waals surface area contributed by atoms with Gasteiger partial charge in [-0.1, -0.05) is 24.3 Å². The van der Waals surface area contributed by atoms with Gasteiger partial charge in [0.2, 0.25) is 0 Å². The third kappa shape index (κ3) is 3.28. The number of pyridine rings is 2. The summed E-state index contributed by atoms with van der Waals surface area (Å²) in [4.78, 5) is 8.78. The van der Waals surface area contributed by atoms with Gasteiger partial charge in [-0.3, -0.25) is 4.98 Å². The molecule has 1 aromatic carbocycles. The molecule has 0 saturated carbocycles. The van der Waals surface area contributed by atoms with Gasteiger partial charge in [-0.05, 0) is 31.2 Å². The Balaban J connectivity index is 1.65. The van der Waals surface area contributed by atoms with Gasteiger partial charge in [-0.25, -0.2) is 4.98 Å². The lowest BCUT2D eigenvalue weighted by Gasteiger charge is -2.11. The van der Waals surface area contributed by atoms with Gasteiger partial charge in [-0.2, -0.15) is 0 Å². The highest BCUT2D eigenvalue weighted by atomic mass is 15.0. The maximum absolute atomic E-state index is 4.55. The molecule has 2 N–H and O–H groups in total. The number of nitrogens with zero attached hydrogens (tertiary/aromatic N) is 2. The zero-order valence-corrected chi connectivity index (χ0v) is 12.0. The SMILES string of the molecule is Cc1cc(NCCNc2ccccn2)c2ccccc2n1. The molecule has 0 unspecified atom stereocenters. The maximum Gasteiger partial charge on any atom is 0.125 e. The second-order valence-electron chi connectivity index (χ2n) is 4.90. The molecule has 0 bridgehead atoms. The van der Waals surface area contributed by atoms with E-state index in [9.17, 15) is 0 Å². The van der Waals surface area contributed by atoms with Crippen LogP contribution in [-0.2, 0) is 0 Å². The largest absolute Gasteiger partial charge is 0.383 e. The minimum Gasteiger partial charge on any atom is -0.383 e. The molecule has 2 heterocycles. The fourth-order valence-corrected chi connectivity index (χ4v) is 2.31. The zero-order chi connectivity index (χ0) is 14.5. The Morgan fingerprint density at radius 3 is 2.62 bits per heavy atom. The number of aryl methyl sites for hydroxylation is 1. The first-order valence-corrected chi connectivity index (χ1v) is 7.08. The van der Waals surface area contributed by atoms with Crippen molar-refractivity contribution in [2.24, 2.45) is 0 Å². The number of nitrogens with one attached hydrogen (secondary N) is 2. The molecule has 3 rings (SSSR count). The van der Waals surface area contributed by atoms with E-state index in [0.29, 0.717) is 0 Å². The molecule has 0 amide bonds.